The Hall–Kier alpha value is -0.870. The van der Waals surface area contributed by atoms with Gasteiger partial charge >= 0.3 is 0 Å². The summed E-state index contributed by atoms with van der Waals surface area (Å²) in [6, 6.07) is 8.06. The second kappa shape index (κ2) is 4.97. The first-order chi connectivity index (χ1) is 7.66. The van der Waals surface area contributed by atoms with Crippen LogP contribution in [0.5, 0.6) is 0 Å². The molecule has 86 valence electrons. The quantitative estimate of drug-likeness (QED) is 0.914. The van der Waals surface area contributed by atoms with Crippen LogP contribution in [-0.2, 0) is 11.3 Å². The SMILES string of the molecule is CN(Cc1cccc(Br)c1)C(=O)C1CNC1. The van der Waals surface area contributed by atoms with Crippen LogP contribution >= 0.6 is 15.9 Å². The van der Waals surface area contributed by atoms with Crippen molar-refractivity contribution >= 4 is 21.8 Å². The Morgan fingerprint density at radius 3 is 2.88 bits per heavy atom. The molecule has 4 heteroatoms. The summed E-state index contributed by atoms with van der Waals surface area (Å²) < 4.78 is 1.05. The molecule has 1 aromatic carbocycles. The van der Waals surface area contributed by atoms with Gasteiger partial charge in [0.2, 0.25) is 5.91 Å². The van der Waals surface area contributed by atoms with Crippen molar-refractivity contribution in [2.24, 2.45) is 5.92 Å². The lowest BCUT2D eigenvalue weighted by Gasteiger charge is -2.30. The molecule has 1 saturated heterocycles. The third-order valence-electron chi connectivity index (χ3n) is 2.82. The summed E-state index contributed by atoms with van der Waals surface area (Å²) in [6.07, 6.45) is 0. The normalized spacial score (nSPS) is 15.6. The van der Waals surface area contributed by atoms with Crippen molar-refractivity contribution in [3.8, 4) is 0 Å². The van der Waals surface area contributed by atoms with Crippen LogP contribution in [0.2, 0.25) is 0 Å². The van der Waals surface area contributed by atoms with Crippen LogP contribution in [0.4, 0.5) is 0 Å². The zero-order valence-electron chi connectivity index (χ0n) is 9.24. The number of hydrogen-bond donors (Lipinski definition) is 1. The molecule has 0 bridgehead atoms. The van der Waals surface area contributed by atoms with Crippen LogP contribution < -0.4 is 5.32 Å². The van der Waals surface area contributed by atoms with Gasteiger partial charge in [-0.25, -0.2) is 0 Å². The van der Waals surface area contributed by atoms with Gasteiger partial charge in [-0.1, -0.05) is 28.1 Å². The number of hydrogen-bond acceptors (Lipinski definition) is 2. The summed E-state index contributed by atoms with van der Waals surface area (Å²) in [5.41, 5.74) is 1.15. The molecule has 1 fully saturated rings. The fourth-order valence-electron chi connectivity index (χ4n) is 1.76. The lowest BCUT2D eigenvalue weighted by molar-refractivity contribution is -0.136. The summed E-state index contributed by atoms with van der Waals surface area (Å²) in [5.74, 6) is 0.413. The molecule has 0 atom stereocenters. The summed E-state index contributed by atoms with van der Waals surface area (Å²) >= 11 is 3.43. The van der Waals surface area contributed by atoms with E-state index in [1.165, 1.54) is 0 Å². The molecule has 1 aliphatic heterocycles. The van der Waals surface area contributed by atoms with Gasteiger partial charge in [-0.3, -0.25) is 4.79 Å². The molecule has 1 N–H and O–H groups in total. The molecule has 16 heavy (non-hydrogen) atoms. The molecular formula is C12H15BrN2O. The molecule has 0 aliphatic carbocycles. The van der Waals surface area contributed by atoms with Gasteiger partial charge < -0.3 is 10.2 Å². The van der Waals surface area contributed by atoms with E-state index in [0.29, 0.717) is 6.54 Å². The van der Waals surface area contributed by atoms with Crippen molar-refractivity contribution in [2.75, 3.05) is 20.1 Å². The Bertz CT molecular complexity index is 390. The fraction of sp³-hybridized carbons (Fsp3) is 0.417. The zero-order chi connectivity index (χ0) is 11.5. The first-order valence-electron chi connectivity index (χ1n) is 5.37. The minimum Gasteiger partial charge on any atom is -0.341 e. The smallest absolute Gasteiger partial charge is 0.228 e. The Balaban J connectivity index is 1.95. The molecule has 0 spiro atoms. The van der Waals surface area contributed by atoms with E-state index in [2.05, 4.69) is 21.2 Å². The molecular weight excluding hydrogens is 268 g/mol. The van der Waals surface area contributed by atoms with Crippen molar-refractivity contribution < 1.29 is 4.79 Å². The average Bonchev–Trinajstić information content (AvgIpc) is 2.14. The number of nitrogens with zero attached hydrogens (tertiary/aromatic N) is 1. The molecule has 2 rings (SSSR count). The first kappa shape index (κ1) is 11.6. The van der Waals surface area contributed by atoms with Gasteiger partial charge in [0.25, 0.3) is 0 Å². The summed E-state index contributed by atoms with van der Waals surface area (Å²) in [5, 5.41) is 3.11. The average molecular weight is 283 g/mol. The highest BCUT2D eigenvalue weighted by Gasteiger charge is 2.27. The number of rotatable bonds is 3. The lowest BCUT2D eigenvalue weighted by Crippen LogP contribution is -2.50. The molecule has 1 aliphatic rings. The number of amides is 1. The first-order valence-corrected chi connectivity index (χ1v) is 6.16. The van der Waals surface area contributed by atoms with Crippen LogP contribution in [0, 0.1) is 5.92 Å². The molecule has 1 heterocycles. The number of carbonyl (C=O) groups is 1. The molecule has 1 aromatic rings. The van der Waals surface area contributed by atoms with Crippen LogP contribution in [0.1, 0.15) is 5.56 Å². The van der Waals surface area contributed by atoms with E-state index in [1.807, 2.05) is 31.3 Å². The van der Waals surface area contributed by atoms with Gasteiger partial charge in [-0.2, -0.15) is 0 Å². The number of benzene rings is 1. The number of nitrogens with one attached hydrogen (secondary N) is 1. The van der Waals surface area contributed by atoms with Gasteiger partial charge in [0.05, 0.1) is 5.92 Å². The van der Waals surface area contributed by atoms with E-state index in [4.69, 9.17) is 0 Å². The molecule has 0 saturated carbocycles. The van der Waals surface area contributed by atoms with Crippen molar-refractivity contribution in [2.45, 2.75) is 6.54 Å². The lowest BCUT2D eigenvalue weighted by atomic mass is 10.0. The van der Waals surface area contributed by atoms with Gasteiger partial charge in [-0.15, -0.1) is 0 Å². The topological polar surface area (TPSA) is 32.3 Å². The minimum atomic E-state index is 0.178. The van der Waals surface area contributed by atoms with Crippen LogP contribution in [-0.4, -0.2) is 30.9 Å². The Morgan fingerprint density at radius 1 is 1.56 bits per heavy atom. The standard InChI is InChI=1S/C12H15BrN2O/c1-15(12(16)10-6-14-7-10)8-9-3-2-4-11(13)5-9/h2-5,10,14H,6-8H2,1H3. The maximum absolute atomic E-state index is 11.9. The second-order valence-electron chi connectivity index (χ2n) is 4.18. The van der Waals surface area contributed by atoms with Gasteiger partial charge in [0, 0.05) is 31.2 Å². The largest absolute Gasteiger partial charge is 0.341 e. The predicted molar refractivity (Wildman–Crippen MR) is 67.0 cm³/mol. The molecule has 0 radical (unpaired) electrons. The van der Waals surface area contributed by atoms with Crippen molar-refractivity contribution in [3.63, 3.8) is 0 Å². The van der Waals surface area contributed by atoms with E-state index >= 15 is 0 Å². The Kier molecular flexibility index (Phi) is 3.61. The van der Waals surface area contributed by atoms with E-state index in [-0.39, 0.29) is 11.8 Å². The third-order valence-corrected chi connectivity index (χ3v) is 3.31. The van der Waals surface area contributed by atoms with E-state index in [9.17, 15) is 4.79 Å². The maximum Gasteiger partial charge on any atom is 0.228 e. The van der Waals surface area contributed by atoms with Gasteiger partial charge in [0.1, 0.15) is 0 Å². The summed E-state index contributed by atoms with van der Waals surface area (Å²) in [4.78, 5) is 13.7. The highest BCUT2D eigenvalue weighted by molar-refractivity contribution is 9.10. The molecule has 1 amide bonds. The summed E-state index contributed by atoms with van der Waals surface area (Å²) in [6.45, 7) is 2.32. The summed E-state index contributed by atoms with van der Waals surface area (Å²) in [7, 11) is 1.86. The second-order valence-corrected chi connectivity index (χ2v) is 5.10. The predicted octanol–water partition coefficient (Wildman–Crippen LogP) is 1.63. The van der Waals surface area contributed by atoms with Crippen molar-refractivity contribution in [1.82, 2.24) is 10.2 Å². The fourth-order valence-corrected chi connectivity index (χ4v) is 2.21. The van der Waals surface area contributed by atoms with E-state index < -0.39 is 0 Å². The monoisotopic (exact) mass is 282 g/mol. The van der Waals surface area contributed by atoms with Crippen LogP contribution in [0.3, 0.4) is 0 Å². The number of halogens is 1. The molecule has 3 nitrogen and oxygen atoms in total. The highest BCUT2D eigenvalue weighted by atomic mass is 79.9. The minimum absolute atomic E-state index is 0.178. The molecule has 0 aromatic heterocycles. The van der Waals surface area contributed by atoms with Gasteiger partial charge in [0.15, 0.2) is 0 Å². The maximum atomic E-state index is 11.9. The van der Waals surface area contributed by atoms with Crippen molar-refractivity contribution in [1.29, 1.82) is 0 Å². The van der Waals surface area contributed by atoms with E-state index in [0.717, 1.165) is 23.1 Å². The van der Waals surface area contributed by atoms with Crippen molar-refractivity contribution in [3.05, 3.63) is 34.3 Å². The van der Waals surface area contributed by atoms with Gasteiger partial charge in [-0.05, 0) is 17.7 Å². The Morgan fingerprint density at radius 2 is 2.31 bits per heavy atom. The zero-order valence-corrected chi connectivity index (χ0v) is 10.8. The van der Waals surface area contributed by atoms with Crippen LogP contribution in [0.15, 0.2) is 28.7 Å². The van der Waals surface area contributed by atoms with Crippen LogP contribution in [0.25, 0.3) is 0 Å². The molecule has 0 unspecified atom stereocenters. The van der Waals surface area contributed by atoms with E-state index in [1.54, 1.807) is 4.90 Å². The Labute approximate surface area is 104 Å². The highest BCUT2D eigenvalue weighted by Crippen LogP contribution is 2.14. The number of carbonyl (C=O) groups excluding carboxylic acids is 1. The third kappa shape index (κ3) is 2.62.